The molecule has 4 rings (SSSR count). The van der Waals surface area contributed by atoms with Crippen molar-refractivity contribution in [3.63, 3.8) is 0 Å². The van der Waals surface area contributed by atoms with Gasteiger partial charge in [-0.15, -0.1) is 10.2 Å². The third-order valence-electron chi connectivity index (χ3n) is 3.83. The Morgan fingerprint density at radius 1 is 1.09 bits per heavy atom. The molecule has 1 aliphatic heterocycles. The molecular formula is C17H12ClFN4. The SMILES string of the molecule is Fc1ccc2c(c1)/C(c1ccccc1Cl)=N\CCc1nncn1-2. The lowest BCUT2D eigenvalue weighted by atomic mass is 9.99. The highest BCUT2D eigenvalue weighted by Crippen LogP contribution is 2.26. The van der Waals surface area contributed by atoms with Crippen molar-refractivity contribution < 1.29 is 4.39 Å². The lowest BCUT2D eigenvalue weighted by molar-refractivity contribution is 0.626. The molecule has 23 heavy (non-hydrogen) atoms. The van der Waals surface area contributed by atoms with Crippen molar-refractivity contribution in [3.05, 3.63) is 76.6 Å². The molecule has 0 saturated carbocycles. The van der Waals surface area contributed by atoms with Crippen LogP contribution in [0.15, 0.2) is 53.8 Å². The molecule has 6 heteroatoms. The van der Waals surface area contributed by atoms with Gasteiger partial charge in [-0.3, -0.25) is 9.56 Å². The standard InChI is InChI=1S/C17H12ClFN4/c18-14-4-2-1-3-12(14)17-13-9-11(19)5-6-15(13)23-10-21-22-16(23)7-8-20-17/h1-6,9-10H,7-8H2/b20-17-. The van der Waals surface area contributed by atoms with E-state index < -0.39 is 0 Å². The monoisotopic (exact) mass is 326 g/mol. The van der Waals surface area contributed by atoms with Gasteiger partial charge in [-0.2, -0.15) is 0 Å². The second-order valence-electron chi connectivity index (χ2n) is 5.24. The summed E-state index contributed by atoms with van der Waals surface area (Å²) in [5, 5.41) is 8.67. The number of rotatable bonds is 1. The molecule has 1 aliphatic rings. The highest BCUT2D eigenvalue weighted by Gasteiger charge is 2.20. The van der Waals surface area contributed by atoms with E-state index in [2.05, 4.69) is 15.2 Å². The predicted octanol–water partition coefficient (Wildman–Crippen LogP) is 3.45. The van der Waals surface area contributed by atoms with Crippen LogP contribution < -0.4 is 0 Å². The Labute approximate surface area is 137 Å². The zero-order valence-corrected chi connectivity index (χ0v) is 12.8. The molecule has 0 fully saturated rings. The first-order valence-electron chi connectivity index (χ1n) is 7.22. The van der Waals surface area contributed by atoms with Crippen molar-refractivity contribution >= 4 is 17.3 Å². The van der Waals surface area contributed by atoms with E-state index in [4.69, 9.17) is 11.6 Å². The van der Waals surface area contributed by atoms with Gasteiger partial charge in [0, 0.05) is 29.1 Å². The first-order valence-corrected chi connectivity index (χ1v) is 7.60. The minimum atomic E-state index is -0.321. The normalized spacial score (nSPS) is 15.8. The fourth-order valence-electron chi connectivity index (χ4n) is 2.78. The van der Waals surface area contributed by atoms with Gasteiger partial charge in [0.05, 0.1) is 11.4 Å². The molecule has 0 saturated heterocycles. The van der Waals surface area contributed by atoms with E-state index in [0.29, 0.717) is 29.3 Å². The minimum Gasteiger partial charge on any atom is -0.285 e. The van der Waals surface area contributed by atoms with Gasteiger partial charge in [-0.25, -0.2) is 4.39 Å². The smallest absolute Gasteiger partial charge is 0.139 e. The number of hydrogen-bond donors (Lipinski definition) is 0. The van der Waals surface area contributed by atoms with E-state index in [0.717, 1.165) is 17.1 Å². The largest absolute Gasteiger partial charge is 0.285 e. The lowest BCUT2D eigenvalue weighted by Crippen LogP contribution is -2.15. The van der Waals surface area contributed by atoms with Crippen LogP contribution in [0.1, 0.15) is 17.0 Å². The zero-order chi connectivity index (χ0) is 15.8. The summed E-state index contributed by atoms with van der Waals surface area (Å²) in [6.45, 7) is 0.537. The first-order chi connectivity index (χ1) is 11.2. The van der Waals surface area contributed by atoms with E-state index in [1.54, 1.807) is 18.5 Å². The summed E-state index contributed by atoms with van der Waals surface area (Å²) in [5.41, 5.74) is 2.95. The summed E-state index contributed by atoms with van der Waals surface area (Å²) in [6.07, 6.45) is 2.30. The fourth-order valence-corrected chi connectivity index (χ4v) is 3.00. The van der Waals surface area contributed by atoms with Crippen LogP contribution >= 0.6 is 11.6 Å². The Bertz CT molecular complexity index is 916. The van der Waals surface area contributed by atoms with E-state index in [1.165, 1.54) is 12.1 Å². The number of fused-ring (bicyclic) bond motifs is 3. The lowest BCUT2D eigenvalue weighted by Gasteiger charge is -2.18. The van der Waals surface area contributed by atoms with Crippen molar-refractivity contribution in [1.82, 2.24) is 14.8 Å². The van der Waals surface area contributed by atoms with Gasteiger partial charge in [-0.05, 0) is 24.3 Å². The number of benzene rings is 2. The Balaban J connectivity index is 2.00. The maximum atomic E-state index is 13.9. The summed E-state index contributed by atoms with van der Waals surface area (Å²) in [5.74, 6) is 0.485. The van der Waals surface area contributed by atoms with Crippen molar-refractivity contribution in [2.24, 2.45) is 4.99 Å². The number of aliphatic imine (C=N–C) groups is 1. The third kappa shape index (κ3) is 2.43. The van der Waals surface area contributed by atoms with Gasteiger partial charge >= 0.3 is 0 Å². The van der Waals surface area contributed by atoms with Crippen LogP contribution in [0.3, 0.4) is 0 Å². The zero-order valence-electron chi connectivity index (χ0n) is 12.1. The molecule has 2 heterocycles. The van der Waals surface area contributed by atoms with Crippen LogP contribution in [-0.4, -0.2) is 27.0 Å². The summed E-state index contributed by atoms with van der Waals surface area (Å²) in [6, 6.07) is 12.1. The van der Waals surface area contributed by atoms with Crippen LogP contribution in [0.25, 0.3) is 5.69 Å². The second-order valence-corrected chi connectivity index (χ2v) is 5.65. The molecule has 1 aromatic heterocycles. The predicted molar refractivity (Wildman–Crippen MR) is 87.0 cm³/mol. The van der Waals surface area contributed by atoms with Crippen LogP contribution in [0.2, 0.25) is 5.02 Å². The Hall–Kier alpha value is -2.53. The van der Waals surface area contributed by atoms with Gasteiger partial charge in [0.15, 0.2) is 0 Å². The third-order valence-corrected chi connectivity index (χ3v) is 4.16. The van der Waals surface area contributed by atoms with Crippen molar-refractivity contribution in [1.29, 1.82) is 0 Å². The molecule has 2 aromatic carbocycles. The Morgan fingerprint density at radius 2 is 1.96 bits per heavy atom. The highest BCUT2D eigenvalue weighted by atomic mass is 35.5. The van der Waals surface area contributed by atoms with Gasteiger partial charge in [-0.1, -0.05) is 29.8 Å². The summed E-state index contributed by atoms with van der Waals surface area (Å²) in [7, 11) is 0. The van der Waals surface area contributed by atoms with Gasteiger partial charge in [0.2, 0.25) is 0 Å². The van der Waals surface area contributed by atoms with E-state index in [9.17, 15) is 4.39 Å². The highest BCUT2D eigenvalue weighted by molar-refractivity contribution is 6.35. The van der Waals surface area contributed by atoms with Gasteiger partial charge in [0.25, 0.3) is 0 Å². The van der Waals surface area contributed by atoms with Gasteiger partial charge < -0.3 is 0 Å². The van der Waals surface area contributed by atoms with Crippen LogP contribution in [-0.2, 0) is 6.42 Å². The molecule has 0 unspecified atom stereocenters. The molecule has 114 valence electrons. The van der Waals surface area contributed by atoms with E-state index in [1.807, 2.05) is 22.8 Å². The van der Waals surface area contributed by atoms with E-state index in [-0.39, 0.29) is 5.82 Å². The van der Waals surface area contributed by atoms with Crippen molar-refractivity contribution in [2.45, 2.75) is 6.42 Å². The quantitative estimate of drug-likeness (QED) is 0.687. The maximum Gasteiger partial charge on any atom is 0.139 e. The molecule has 0 N–H and O–H groups in total. The average Bonchev–Trinajstić information content (AvgIpc) is 2.99. The second kappa shape index (κ2) is 5.59. The first kappa shape index (κ1) is 14.1. The topological polar surface area (TPSA) is 43.1 Å². The van der Waals surface area contributed by atoms with Crippen molar-refractivity contribution in [3.8, 4) is 5.69 Å². The van der Waals surface area contributed by atoms with Crippen LogP contribution in [0, 0.1) is 5.82 Å². The maximum absolute atomic E-state index is 13.9. The number of nitrogens with zero attached hydrogens (tertiary/aromatic N) is 4. The summed E-state index contributed by atoms with van der Waals surface area (Å²) in [4.78, 5) is 4.66. The number of aromatic nitrogens is 3. The molecule has 0 atom stereocenters. The number of halogens is 2. The molecule has 0 radical (unpaired) electrons. The van der Waals surface area contributed by atoms with E-state index >= 15 is 0 Å². The summed E-state index contributed by atoms with van der Waals surface area (Å²) >= 11 is 6.33. The molecule has 4 nitrogen and oxygen atoms in total. The van der Waals surface area contributed by atoms with Crippen LogP contribution in [0.5, 0.6) is 0 Å². The molecule has 3 aromatic rings. The Kier molecular flexibility index (Phi) is 3.42. The molecular weight excluding hydrogens is 315 g/mol. The Morgan fingerprint density at radius 3 is 2.83 bits per heavy atom. The fraction of sp³-hybridized carbons (Fsp3) is 0.118. The van der Waals surface area contributed by atoms with Crippen LogP contribution in [0.4, 0.5) is 4.39 Å². The molecule has 0 bridgehead atoms. The molecule has 0 amide bonds. The van der Waals surface area contributed by atoms with Gasteiger partial charge in [0.1, 0.15) is 18.0 Å². The number of hydrogen-bond acceptors (Lipinski definition) is 3. The molecule has 0 aliphatic carbocycles. The minimum absolute atomic E-state index is 0.321. The average molecular weight is 327 g/mol. The molecule has 0 spiro atoms. The van der Waals surface area contributed by atoms with Crippen molar-refractivity contribution in [2.75, 3.05) is 6.54 Å². The summed E-state index contributed by atoms with van der Waals surface area (Å²) < 4.78 is 15.8.